The normalized spacial score (nSPS) is 15.7. The van der Waals surface area contributed by atoms with Gasteiger partial charge in [-0.3, -0.25) is 4.79 Å². The number of ether oxygens (including phenoxy) is 1. The van der Waals surface area contributed by atoms with Crippen LogP contribution in [0.15, 0.2) is 17.8 Å². The number of aryl methyl sites for hydroxylation is 1. The van der Waals surface area contributed by atoms with Crippen molar-refractivity contribution in [3.8, 4) is 0 Å². The molecule has 0 aliphatic carbocycles. The van der Waals surface area contributed by atoms with Gasteiger partial charge in [-0.05, 0) is 25.7 Å². The standard InChI is InChI=1S/C18H26N4O2S/c1-3-4-16-20-15(13-25-16)18(23)22-8-5-14(6-9-22)17-19-7-10-21(17)11-12-24-2/h7,10,13-14H,3-6,8-9,11-12H2,1-2H3. The quantitative estimate of drug-likeness (QED) is 0.760. The van der Waals surface area contributed by atoms with Crippen molar-refractivity contribution in [1.82, 2.24) is 19.4 Å². The van der Waals surface area contributed by atoms with Crippen molar-refractivity contribution in [1.29, 1.82) is 0 Å². The zero-order valence-electron chi connectivity index (χ0n) is 15.0. The molecule has 0 radical (unpaired) electrons. The fourth-order valence-electron chi connectivity index (χ4n) is 3.30. The lowest BCUT2D eigenvalue weighted by molar-refractivity contribution is 0.0704. The third-order valence-electron chi connectivity index (χ3n) is 4.67. The summed E-state index contributed by atoms with van der Waals surface area (Å²) in [5, 5.41) is 2.96. The summed E-state index contributed by atoms with van der Waals surface area (Å²) in [6.45, 7) is 5.17. The average Bonchev–Trinajstić information content (AvgIpc) is 3.29. The summed E-state index contributed by atoms with van der Waals surface area (Å²) in [5.74, 6) is 1.59. The summed E-state index contributed by atoms with van der Waals surface area (Å²) >= 11 is 1.59. The molecular weight excluding hydrogens is 336 g/mol. The van der Waals surface area contributed by atoms with Gasteiger partial charge < -0.3 is 14.2 Å². The minimum absolute atomic E-state index is 0.0692. The van der Waals surface area contributed by atoms with E-state index in [1.807, 2.05) is 22.7 Å². The van der Waals surface area contributed by atoms with E-state index in [1.165, 1.54) is 0 Å². The first-order valence-electron chi connectivity index (χ1n) is 8.96. The molecule has 0 atom stereocenters. The Kier molecular flexibility index (Phi) is 6.20. The summed E-state index contributed by atoms with van der Waals surface area (Å²) in [4.78, 5) is 23.6. The molecule has 7 heteroatoms. The van der Waals surface area contributed by atoms with Crippen LogP contribution >= 0.6 is 11.3 Å². The Morgan fingerprint density at radius 1 is 1.40 bits per heavy atom. The van der Waals surface area contributed by atoms with Crippen molar-refractivity contribution in [2.24, 2.45) is 0 Å². The van der Waals surface area contributed by atoms with Gasteiger partial charge in [0.25, 0.3) is 5.91 Å². The number of imidazole rings is 1. The molecule has 1 saturated heterocycles. The molecule has 136 valence electrons. The molecule has 1 fully saturated rings. The van der Waals surface area contributed by atoms with Crippen LogP contribution in [-0.2, 0) is 17.7 Å². The van der Waals surface area contributed by atoms with E-state index >= 15 is 0 Å². The Bertz CT molecular complexity index is 689. The van der Waals surface area contributed by atoms with Crippen LogP contribution in [0.5, 0.6) is 0 Å². The van der Waals surface area contributed by atoms with Crippen LogP contribution in [0.2, 0.25) is 0 Å². The van der Waals surface area contributed by atoms with Crippen molar-refractivity contribution in [2.45, 2.75) is 45.1 Å². The van der Waals surface area contributed by atoms with E-state index in [4.69, 9.17) is 4.74 Å². The molecule has 3 heterocycles. The Labute approximate surface area is 152 Å². The number of amides is 1. The molecule has 2 aromatic rings. The van der Waals surface area contributed by atoms with Gasteiger partial charge in [-0.15, -0.1) is 11.3 Å². The molecule has 0 unspecified atom stereocenters. The van der Waals surface area contributed by atoms with Crippen molar-refractivity contribution < 1.29 is 9.53 Å². The first-order valence-corrected chi connectivity index (χ1v) is 9.84. The number of aromatic nitrogens is 3. The van der Waals surface area contributed by atoms with Crippen molar-refractivity contribution >= 4 is 17.2 Å². The van der Waals surface area contributed by atoms with Gasteiger partial charge >= 0.3 is 0 Å². The number of methoxy groups -OCH3 is 1. The number of rotatable bonds is 7. The van der Waals surface area contributed by atoms with Crippen LogP contribution in [0.1, 0.15) is 53.4 Å². The van der Waals surface area contributed by atoms with Gasteiger partial charge in [-0.25, -0.2) is 9.97 Å². The van der Waals surface area contributed by atoms with Gasteiger partial charge in [0, 0.05) is 50.4 Å². The van der Waals surface area contributed by atoms with Gasteiger partial charge in [0.15, 0.2) is 0 Å². The van der Waals surface area contributed by atoms with E-state index < -0.39 is 0 Å². The molecule has 1 aliphatic rings. The molecule has 6 nitrogen and oxygen atoms in total. The van der Waals surface area contributed by atoms with Gasteiger partial charge in [0.2, 0.25) is 0 Å². The molecule has 1 aliphatic heterocycles. The molecule has 2 aromatic heterocycles. The van der Waals surface area contributed by atoms with Gasteiger partial charge in [-0.1, -0.05) is 6.92 Å². The third kappa shape index (κ3) is 4.27. The maximum absolute atomic E-state index is 12.7. The summed E-state index contributed by atoms with van der Waals surface area (Å²) in [5.41, 5.74) is 0.605. The second-order valence-electron chi connectivity index (χ2n) is 6.41. The van der Waals surface area contributed by atoms with Gasteiger partial charge in [0.05, 0.1) is 11.6 Å². The van der Waals surface area contributed by atoms with Crippen molar-refractivity contribution in [3.63, 3.8) is 0 Å². The minimum atomic E-state index is 0.0692. The lowest BCUT2D eigenvalue weighted by Gasteiger charge is -2.31. The van der Waals surface area contributed by atoms with Crippen LogP contribution < -0.4 is 0 Å². The highest BCUT2D eigenvalue weighted by atomic mass is 32.1. The smallest absolute Gasteiger partial charge is 0.273 e. The predicted octanol–water partition coefficient (Wildman–Crippen LogP) is 2.96. The van der Waals surface area contributed by atoms with E-state index in [0.29, 0.717) is 18.2 Å². The highest BCUT2D eigenvalue weighted by Crippen LogP contribution is 2.28. The largest absolute Gasteiger partial charge is 0.383 e. The van der Waals surface area contributed by atoms with Crippen LogP contribution in [0.25, 0.3) is 0 Å². The average molecular weight is 362 g/mol. The first kappa shape index (κ1) is 18.1. The Morgan fingerprint density at radius 3 is 2.92 bits per heavy atom. The molecule has 0 N–H and O–H groups in total. The summed E-state index contributed by atoms with van der Waals surface area (Å²) in [6, 6.07) is 0. The third-order valence-corrected chi connectivity index (χ3v) is 5.57. The Hall–Kier alpha value is -1.73. The first-order chi connectivity index (χ1) is 12.2. The molecular formula is C18H26N4O2S. The fourth-order valence-corrected chi connectivity index (χ4v) is 4.17. The molecule has 0 aromatic carbocycles. The maximum Gasteiger partial charge on any atom is 0.273 e. The summed E-state index contributed by atoms with van der Waals surface area (Å²) in [6.07, 6.45) is 7.76. The topological polar surface area (TPSA) is 60.2 Å². The van der Waals surface area contributed by atoms with Crippen LogP contribution in [0.3, 0.4) is 0 Å². The monoisotopic (exact) mass is 362 g/mol. The Morgan fingerprint density at radius 2 is 2.20 bits per heavy atom. The lowest BCUT2D eigenvalue weighted by atomic mass is 9.95. The number of nitrogens with zero attached hydrogens (tertiary/aromatic N) is 4. The highest BCUT2D eigenvalue weighted by molar-refractivity contribution is 7.09. The second kappa shape index (κ2) is 8.58. The second-order valence-corrected chi connectivity index (χ2v) is 7.36. The lowest BCUT2D eigenvalue weighted by Crippen LogP contribution is -2.38. The van der Waals surface area contributed by atoms with Gasteiger partial charge in [-0.2, -0.15) is 0 Å². The molecule has 25 heavy (non-hydrogen) atoms. The Balaban J connectivity index is 1.58. The number of hydrogen-bond acceptors (Lipinski definition) is 5. The van der Waals surface area contributed by atoms with E-state index in [1.54, 1.807) is 18.4 Å². The number of carbonyl (C=O) groups is 1. The van der Waals surface area contributed by atoms with Crippen LogP contribution in [0, 0.1) is 0 Å². The summed E-state index contributed by atoms with van der Waals surface area (Å²) in [7, 11) is 1.71. The van der Waals surface area contributed by atoms with E-state index in [0.717, 1.165) is 56.1 Å². The summed E-state index contributed by atoms with van der Waals surface area (Å²) < 4.78 is 7.34. The number of hydrogen-bond donors (Lipinski definition) is 0. The van der Waals surface area contributed by atoms with Crippen LogP contribution in [0.4, 0.5) is 0 Å². The minimum Gasteiger partial charge on any atom is -0.383 e. The number of carbonyl (C=O) groups excluding carboxylic acids is 1. The fraction of sp³-hybridized carbons (Fsp3) is 0.611. The number of piperidine rings is 1. The molecule has 0 bridgehead atoms. The zero-order chi connectivity index (χ0) is 17.6. The van der Waals surface area contributed by atoms with E-state index in [-0.39, 0.29) is 5.91 Å². The van der Waals surface area contributed by atoms with E-state index in [9.17, 15) is 4.79 Å². The molecule has 0 saturated carbocycles. The molecule has 0 spiro atoms. The molecule has 1 amide bonds. The molecule has 3 rings (SSSR count). The highest BCUT2D eigenvalue weighted by Gasteiger charge is 2.27. The van der Waals surface area contributed by atoms with Crippen molar-refractivity contribution in [3.05, 3.63) is 34.3 Å². The van der Waals surface area contributed by atoms with Crippen molar-refractivity contribution in [2.75, 3.05) is 26.8 Å². The zero-order valence-corrected chi connectivity index (χ0v) is 15.8. The van der Waals surface area contributed by atoms with E-state index in [2.05, 4.69) is 21.5 Å². The number of likely N-dealkylation sites (tertiary alicyclic amines) is 1. The van der Waals surface area contributed by atoms with Gasteiger partial charge in [0.1, 0.15) is 11.5 Å². The number of thiazole rings is 1. The van der Waals surface area contributed by atoms with Crippen LogP contribution in [-0.4, -0.2) is 52.1 Å². The SMILES string of the molecule is CCCc1nc(C(=O)N2CCC(c3nccn3CCOC)CC2)cs1. The predicted molar refractivity (Wildman–Crippen MR) is 98.1 cm³/mol. The maximum atomic E-state index is 12.7.